The number of carbonyl (C=O) groups is 2. The monoisotopic (exact) mass is 451 g/mol. The van der Waals surface area contributed by atoms with Crippen molar-refractivity contribution in [2.75, 3.05) is 16.8 Å². The molecule has 2 aromatic carbocycles. The highest BCUT2D eigenvalue weighted by molar-refractivity contribution is 6.09. The van der Waals surface area contributed by atoms with Gasteiger partial charge in [-0.05, 0) is 86.1 Å². The summed E-state index contributed by atoms with van der Waals surface area (Å²) < 4.78 is 0. The van der Waals surface area contributed by atoms with Crippen molar-refractivity contribution in [1.82, 2.24) is 4.98 Å². The van der Waals surface area contributed by atoms with Gasteiger partial charge in [0.25, 0.3) is 5.91 Å². The number of anilines is 2. The van der Waals surface area contributed by atoms with E-state index in [0.717, 1.165) is 71.4 Å². The summed E-state index contributed by atoms with van der Waals surface area (Å²) in [5.41, 5.74) is 7.99. The largest absolute Gasteiger partial charge is 0.322 e. The second kappa shape index (κ2) is 9.64. The Morgan fingerprint density at radius 3 is 2.59 bits per heavy atom. The molecule has 2 heterocycles. The number of rotatable bonds is 5. The third kappa shape index (κ3) is 4.65. The van der Waals surface area contributed by atoms with E-state index < -0.39 is 0 Å². The molecular formula is C29H29N3O2. The lowest BCUT2D eigenvalue weighted by atomic mass is 9.86. The van der Waals surface area contributed by atoms with Crippen LogP contribution >= 0.6 is 0 Å². The van der Waals surface area contributed by atoms with Crippen molar-refractivity contribution < 1.29 is 9.59 Å². The molecule has 1 aliphatic carbocycles. The summed E-state index contributed by atoms with van der Waals surface area (Å²) >= 11 is 0. The zero-order valence-electron chi connectivity index (χ0n) is 19.5. The van der Waals surface area contributed by atoms with Gasteiger partial charge in [0, 0.05) is 35.4 Å². The number of allylic oxidation sites excluding steroid dienone is 1. The highest BCUT2D eigenvalue weighted by Crippen LogP contribution is 2.34. The standard InChI is InChI=1S/C29H29N3O2/c1-20-9-11-21(12-10-20)25-7-2-3-8-26(25)29(34)31-24-13-14-27-22(18-24)15-17-32(27)28(33)19-23-6-4-5-16-30-23/h4-6,9-14,16,18H,2-3,7-8,15,17,19H2,1H3,(H,31,34). The van der Waals surface area contributed by atoms with Crippen molar-refractivity contribution in [1.29, 1.82) is 0 Å². The molecule has 34 heavy (non-hydrogen) atoms. The topological polar surface area (TPSA) is 62.3 Å². The third-order valence-corrected chi connectivity index (χ3v) is 6.73. The van der Waals surface area contributed by atoms with Gasteiger partial charge in [0.1, 0.15) is 0 Å². The van der Waals surface area contributed by atoms with E-state index in [0.29, 0.717) is 6.54 Å². The number of aryl methyl sites for hydroxylation is 1. The first kappa shape index (κ1) is 22.1. The fraction of sp³-hybridized carbons (Fsp3) is 0.276. The molecule has 0 saturated heterocycles. The summed E-state index contributed by atoms with van der Waals surface area (Å²) in [6, 6.07) is 19.9. The lowest BCUT2D eigenvalue weighted by molar-refractivity contribution is -0.118. The molecule has 0 unspecified atom stereocenters. The first-order chi connectivity index (χ1) is 16.6. The van der Waals surface area contributed by atoms with Gasteiger partial charge >= 0.3 is 0 Å². The number of hydrogen-bond donors (Lipinski definition) is 1. The summed E-state index contributed by atoms with van der Waals surface area (Å²) in [5, 5.41) is 3.13. The maximum Gasteiger partial charge on any atom is 0.251 e. The Bertz CT molecular complexity index is 1250. The smallest absolute Gasteiger partial charge is 0.251 e. The quantitative estimate of drug-likeness (QED) is 0.558. The summed E-state index contributed by atoms with van der Waals surface area (Å²) in [6.07, 6.45) is 6.66. The Morgan fingerprint density at radius 1 is 0.971 bits per heavy atom. The number of hydrogen-bond acceptors (Lipinski definition) is 3. The number of aromatic nitrogens is 1. The Kier molecular flexibility index (Phi) is 6.26. The maximum absolute atomic E-state index is 13.3. The van der Waals surface area contributed by atoms with Gasteiger partial charge in [-0.2, -0.15) is 0 Å². The van der Waals surface area contributed by atoms with Crippen LogP contribution in [0.2, 0.25) is 0 Å². The van der Waals surface area contributed by atoms with Crippen LogP contribution < -0.4 is 10.2 Å². The van der Waals surface area contributed by atoms with Crippen molar-refractivity contribution in [2.45, 2.75) is 45.4 Å². The van der Waals surface area contributed by atoms with Crippen molar-refractivity contribution >= 4 is 28.8 Å². The van der Waals surface area contributed by atoms with Crippen LogP contribution in [0.3, 0.4) is 0 Å². The fourth-order valence-electron chi connectivity index (χ4n) is 4.93. The van der Waals surface area contributed by atoms with Gasteiger partial charge < -0.3 is 10.2 Å². The average Bonchev–Trinajstić information content (AvgIpc) is 3.29. The minimum absolute atomic E-state index is 0.0173. The van der Waals surface area contributed by atoms with Gasteiger partial charge in [-0.15, -0.1) is 0 Å². The van der Waals surface area contributed by atoms with Crippen molar-refractivity contribution in [3.05, 3.63) is 94.8 Å². The Morgan fingerprint density at radius 2 is 1.79 bits per heavy atom. The third-order valence-electron chi connectivity index (χ3n) is 6.73. The fourth-order valence-corrected chi connectivity index (χ4v) is 4.93. The minimum Gasteiger partial charge on any atom is -0.322 e. The number of carbonyl (C=O) groups excluding carboxylic acids is 2. The highest BCUT2D eigenvalue weighted by Gasteiger charge is 2.26. The number of nitrogens with one attached hydrogen (secondary N) is 1. The van der Waals surface area contributed by atoms with Crippen LogP contribution in [0.4, 0.5) is 11.4 Å². The molecule has 5 rings (SSSR count). The second-order valence-corrected chi connectivity index (χ2v) is 9.12. The van der Waals surface area contributed by atoms with Gasteiger partial charge in [0.15, 0.2) is 0 Å². The van der Waals surface area contributed by atoms with Crippen LogP contribution in [0.25, 0.3) is 5.57 Å². The molecule has 2 aliphatic rings. The predicted octanol–water partition coefficient (Wildman–Crippen LogP) is 5.49. The van der Waals surface area contributed by atoms with Gasteiger partial charge in [0.2, 0.25) is 5.91 Å². The van der Waals surface area contributed by atoms with Crippen molar-refractivity contribution in [2.24, 2.45) is 0 Å². The zero-order valence-corrected chi connectivity index (χ0v) is 19.5. The maximum atomic E-state index is 13.3. The van der Waals surface area contributed by atoms with E-state index in [1.165, 1.54) is 5.56 Å². The molecule has 5 heteroatoms. The molecule has 172 valence electrons. The van der Waals surface area contributed by atoms with Crippen LogP contribution in [-0.4, -0.2) is 23.3 Å². The van der Waals surface area contributed by atoms with Gasteiger partial charge in [-0.25, -0.2) is 0 Å². The molecule has 3 aromatic rings. The van der Waals surface area contributed by atoms with Crippen LogP contribution in [0.15, 0.2) is 72.4 Å². The second-order valence-electron chi connectivity index (χ2n) is 9.12. The zero-order chi connectivity index (χ0) is 23.5. The lowest BCUT2D eigenvalue weighted by Crippen LogP contribution is -2.30. The van der Waals surface area contributed by atoms with E-state index in [4.69, 9.17) is 0 Å². The van der Waals surface area contributed by atoms with E-state index in [1.54, 1.807) is 6.20 Å². The van der Waals surface area contributed by atoms with Crippen molar-refractivity contribution in [3.63, 3.8) is 0 Å². The van der Waals surface area contributed by atoms with Crippen LogP contribution in [0.1, 0.15) is 48.1 Å². The predicted molar refractivity (Wildman–Crippen MR) is 136 cm³/mol. The molecular weight excluding hydrogens is 422 g/mol. The molecule has 1 aromatic heterocycles. The highest BCUT2D eigenvalue weighted by atomic mass is 16.2. The molecule has 0 bridgehead atoms. The molecule has 0 atom stereocenters. The Balaban J connectivity index is 1.32. The Labute approximate surface area is 200 Å². The average molecular weight is 452 g/mol. The molecule has 0 spiro atoms. The molecule has 1 aliphatic heterocycles. The van der Waals surface area contributed by atoms with E-state index >= 15 is 0 Å². The van der Waals surface area contributed by atoms with Crippen LogP contribution in [0.5, 0.6) is 0 Å². The number of benzene rings is 2. The molecule has 5 nitrogen and oxygen atoms in total. The number of fused-ring (bicyclic) bond motifs is 1. The summed E-state index contributed by atoms with van der Waals surface area (Å²) in [7, 11) is 0. The van der Waals surface area contributed by atoms with E-state index in [2.05, 4.69) is 41.5 Å². The number of pyridine rings is 1. The van der Waals surface area contributed by atoms with Crippen LogP contribution in [-0.2, 0) is 22.4 Å². The first-order valence-electron chi connectivity index (χ1n) is 12.0. The van der Waals surface area contributed by atoms with E-state index in [1.807, 2.05) is 41.3 Å². The summed E-state index contributed by atoms with van der Waals surface area (Å²) in [6.45, 7) is 2.73. The summed E-state index contributed by atoms with van der Waals surface area (Å²) in [5.74, 6) is 0.0284. The molecule has 2 amide bonds. The van der Waals surface area contributed by atoms with E-state index in [9.17, 15) is 9.59 Å². The summed E-state index contributed by atoms with van der Waals surface area (Å²) in [4.78, 5) is 32.2. The normalized spacial score (nSPS) is 15.3. The SMILES string of the molecule is Cc1ccc(C2=C(C(=O)Nc3ccc4c(c3)CCN4C(=O)Cc3ccccn3)CCCC2)cc1. The first-order valence-corrected chi connectivity index (χ1v) is 12.0. The Hall–Kier alpha value is -3.73. The van der Waals surface area contributed by atoms with E-state index in [-0.39, 0.29) is 18.2 Å². The molecule has 0 radical (unpaired) electrons. The van der Waals surface area contributed by atoms with Gasteiger partial charge in [0.05, 0.1) is 6.42 Å². The van der Waals surface area contributed by atoms with Gasteiger partial charge in [-0.3, -0.25) is 14.6 Å². The molecule has 1 N–H and O–H groups in total. The minimum atomic E-state index is -0.0173. The molecule has 0 fully saturated rings. The lowest BCUT2D eigenvalue weighted by Gasteiger charge is -2.21. The van der Waals surface area contributed by atoms with Gasteiger partial charge in [-0.1, -0.05) is 35.9 Å². The van der Waals surface area contributed by atoms with Crippen LogP contribution in [0, 0.1) is 6.92 Å². The molecule has 0 saturated carbocycles. The number of amides is 2. The number of nitrogens with zero attached hydrogens (tertiary/aromatic N) is 2. The van der Waals surface area contributed by atoms with Crippen molar-refractivity contribution in [3.8, 4) is 0 Å².